The van der Waals surface area contributed by atoms with Gasteiger partial charge < -0.3 is 23.7 Å². The SMILES string of the molecule is CC(=O)O[C@H]1[C@@H]2OC(c3ccccc3)OC[C@H]2O[C@@H](OC2CCCCC2)[C@@H]1[N+](=O)[O-]. The van der Waals surface area contributed by atoms with Gasteiger partial charge in [-0.2, -0.15) is 0 Å². The molecule has 0 spiro atoms. The standard InChI is InChI=1S/C21H27NO8/c1-13(23)27-19-17(22(24)25)21(28-15-10-6-3-7-11-15)29-16-12-26-20(30-18(16)19)14-8-4-2-5-9-14/h2,4-5,8-9,15-21H,3,6-7,10-12H2,1H3/t16-,17-,18-,19-,20?,21-/m1/s1. The van der Waals surface area contributed by atoms with Crippen molar-refractivity contribution in [2.75, 3.05) is 6.61 Å². The van der Waals surface area contributed by atoms with Crippen LogP contribution in [0.2, 0.25) is 0 Å². The van der Waals surface area contributed by atoms with Crippen molar-refractivity contribution in [1.29, 1.82) is 0 Å². The summed E-state index contributed by atoms with van der Waals surface area (Å²) in [5.41, 5.74) is 0.774. The normalized spacial score (nSPS) is 34.7. The zero-order valence-corrected chi connectivity index (χ0v) is 16.9. The molecule has 1 aromatic rings. The molecule has 1 saturated carbocycles. The lowest BCUT2D eigenvalue weighted by Gasteiger charge is -2.46. The average molecular weight is 421 g/mol. The summed E-state index contributed by atoms with van der Waals surface area (Å²) in [4.78, 5) is 23.3. The van der Waals surface area contributed by atoms with E-state index in [0.717, 1.165) is 37.7 Å². The summed E-state index contributed by atoms with van der Waals surface area (Å²) < 4.78 is 29.2. The number of hydrogen-bond acceptors (Lipinski definition) is 8. The second-order valence-corrected chi connectivity index (χ2v) is 7.97. The van der Waals surface area contributed by atoms with E-state index in [0.29, 0.717) is 0 Å². The Labute approximate surface area is 174 Å². The number of carbonyl (C=O) groups excluding carboxylic acids is 1. The highest BCUT2D eigenvalue weighted by Crippen LogP contribution is 2.37. The quantitative estimate of drug-likeness (QED) is 0.406. The number of hydrogen-bond donors (Lipinski definition) is 0. The maximum absolute atomic E-state index is 12.0. The van der Waals surface area contributed by atoms with Gasteiger partial charge in [0.2, 0.25) is 12.4 Å². The van der Waals surface area contributed by atoms with Crippen LogP contribution in [0.1, 0.15) is 50.9 Å². The third-order valence-corrected chi connectivity index (χ3v) is 5.80. The summed E-state index contributed by atoms with van der Waals surface area (Å²) in [7, 11) is 0. The van der Waals surface area contributed by atoms with Crippen LogP contribution in [0.25, 0.3) is 0 Å². The molecule has 9 heteroatoms. The van der Waals surface area contributed by atoms with Gasteiger partial charge in [-0.1, -0.05) is 49.6 Å². The molecule has 4 rings (SSSR count). The third-order valence-electron chi connectivity index (χ3n) is 5.80. The van der Waals surface area contributed by atoms with Crippen molar-refractivity contribution in [1.82, 2.24) is 0 Å². The van der Waals surface area contributed by atoms with E-state index in [2.05, 4.69) is 0 Å². The van der Waals surface area contributed by atoms with E-state index in [4.69, 9.17) is 23.7 Å². The van der Waals surface area contributed by atoms with E-state index in [9.17, 15) is 14.9 Å². The highest BCUT2D eigenvalue weighted by atomic mass is 16.8. The van der Waals surface area contributed by atoms with Crippen LogP contribution in [-0.2, 0) is 28.5 Å². The highest BCUT2D eigenvalue weighted by Gasteiger charge is 2.58. The Hall–Kier alpha value is -2.07. The van der Waals surface area contributed by atoms with Crippen molar-refractivity contribution >= 4 is 5.97 Å². The molecule has 2 heterocycles. The summed E-state index contributed by atoms with van der Waals surface area (Å²) in [6, 6.07) is 7.87. The minimum atomic E-state index is -1.38. The number of nitrogens with zero attached hydrogens (tertiary/aromatic N) is 1. The maximum Gasteiger partial charge on any atom is 0.303 e. The number of ether oxygens (including phenoxy) is 5. The lowest BCUT2D eigenvalue weighted by atomic mass is 9.94. The highest BCUT2D eigenvalue weighted by molar-refractivity contribution is 5.66. The van der Waals surface area contributed by atoms with Gasteiger partial charge in [-0.15, -0.1) is 0 Å². The molecule has 164 valence electrons. The minimum absolute atomic E-state index is 0.108. The molecule has 1 aromatic carbocycles. The summed E-state index contributed by atoms with van der Waals surface area (Å²) in [5, 5.41) is 12.0. The van der Waals surface area contributed by atoms with Crippen LogP contribution in [0, 0.1) is 10.1 Å². The fourth-order valence-electron chi connectivity index (χ4n) is 4.39. The van der Waals surface area contributed by atoms with Crippen LogP contribution in [0.4, 0.5) is 0 Å². The van der Waals surface area contributed by atoms with Crippen LogP contribution in [-0.4, -0.2) is 54.2 Å². The van der Waals surface area contributed by atoms with Gasteiger partial charge in [-0.3, -0.25) is 14.9 Å². The third kappa shape index (κ3) is 4.64. The van der Waals surface area contributed by atoms with E-state index in [1.54, 1.807) is 0 Å². The fraction of sp³-hybridized carbons (Fsp3) is 0.667. The van der Waals surface area contributed by atoms with E-state index in [1.165, 1.54) is 6.92 Å². The number of fused-ring (bicyclic) bond motifs is 1. The molecule has 6 atom stereocenters. The van der Waals surface area contributed by atoms with Crippen LogP contribution >= 0.6 is 0 Å². The van der Waals surface area contributed by atoms with E-state index in [1.807, 2.05) is 30.3 Å². The van der Waals surface area contributed by atoms with Crippen molar-refractivity contribution in [3.8, 4) is 0 Å². The van der Waals surface area contributed by atoms with Crippen LogP contribution in [0.15, 0.2) is 30.3 Å². The first kappa shape index (κ1) is 21.2. The molecule has 0 radical (unpaired) electrons. The number of benzene rings is 1. The first-order valence-corrected chi connectivity index (χ1v) is 10.5. The van der Waals surface area contributed by atoms with Crippen LogP contribution in [0.5, 0.6) is 0 Å². The largest absolute Gasteiger partial charge is 0.452 e. The Bertz CT molecular complexity index is 738. The number of rotatable bonds is 5. The molecule has 9 nitrogen and oxygen atoms in total. The Morgan fingerprint density at radius 3 is 2.53 bits per heavy atom. The van der Waals surface area contributed by atoms with Gasteiger partial charge in [-0.25, -0.2) is 0 Å². The van der Waals surface area contributed by atoms with E-state index < -0.39 is 47.8 Å². The molecular weight excluding hydrogens is 394 g/mol. The summed E-state index contributed by atoms with van der Waals surface area (Å²) in [6.07, 6.45) is 0.256. The minimum Gasteiger partial charge on any atom is -0.452 e. The molecule has 0 N–H and O–H groups in total. The van der Waals surface area contributed by atoms with Crippen molar-refractivity contribution in [2.24, 2.45) is 0 Å². The summed E-state index contributed by atoms with van der Waals surface area (Å²) in [5.74, 6) is -0.615. The van der Waals surface area contributed by atoms with Crippen molar-refractivity contribution < 1.29 is 33.4 Å². The Morgan fingerprint density at radius 2 is 1.87 bits per heavy atom. The van der Waals surface area contributed by atoms with Gasteiger partial charge in [0.15, 0.2) is 6.29 Å². The van der Waals surface area contributed by atoms with Gasteiger partial charge in [0.05, 0.1) is 12.7 Å². The molecule has 0 bridgehead atoms. The smallest absolute Gasteiger partial charge is 0.303 e. The number of esters is 1. The average Bonchev–Trinajstić information content (AvgIpc) is 2.74. The Balaban J connectivity index is 1.57. The molecule has 1 unspecified atom stereocenters. The molecule has 2 aliphatic heterocycles. The summed E-state index contributed by atoms with van der Waals surface area (Å²) >= 11 is 0. The van der Waals surface area contributed by atoms with Gasteiger partial charge in [0, 0.05) is 17.4 Å². The molecule has 3 fully saturated rings. The second-order valence-electron chi connectivity index (χ2n) is 7.97. The predicted octanol–water partition coefficient (Wildman–Crippen LogP) is 2.75. The topological polar surface area (TPSA) is 106 Å². The Kier molecular flexibility index (Phi) is 6.62. The first-order chi connectivity index (χ1) is 14.5. The van der Waals surface area contributed by atoms with Crippen LogP contribution < -0.4 is 0 Å². The molecule has 30 heavy (non-hydrogen) atoms. The molecule has 3 aliphatic rings. The zero-order valence-electron chi connectivity index (χ0n) is 16.9. The molecule has 0 amide bonds. The maximum atomic E-state index is 12.0. The monoisotopic (exact) mass is 421 g/mol. The van der Waals surface area contributed by atoms with Gasteiger partial charge in [0.1, 0.15) is 12.2 Å². The number of carbonyl (C=O) groups is 1. The first-order valence-electron chi connectivity index (χ1n) is 10.5. The van der Waals surface area contributed by atoms with Crippen LogP contribution in [0.3, 0.4) is 0 Å². The van der Waals surface area contributed by atoms with Gasteiger partial charge in [0.25, 0.3) is 0 Å². The fourth-order valence-corrected chi connectivity index (χ4v) is 4.39. The van der Waals surface area contributed by atoms with Crippen molar-refractivity contribution in [3.63, 3.8) is 0 Å². The van der Waals surface area contributed by atoms with E-state index in [-0.39, 0.29) is 12.7 Å². The second kappa shape index (κ2) is 9.38. The molecular formula is C21H27NO8. The summed E-state index contributed by atoms with van der Waals surface area (Å²) in [6.45, 7) is 1.38. The lowest BCUT2D eigenvalue weighted by Crippen LogP contribution is -2.65. The van der Waals surface area contributed by atoms with Crippen molar-refractivity contribution in [2.45, 2.75) is 82.1 Å². The van der Waals surface area contributed by atoms with Gasteiger partial charge >= 0.3 is 12.0 Å². The van der Waals surface area contributed by atoms with Gasteiger partial charge in [-0.05, 0) is 12.8 Å². The zero-order chi connectivity index (χ0) is 21.1. The predicted molar refractivity (Wildman–Crippen MR) is 103 cm³/mol. The van der Waals surface area contributed by atoms with Crippen molar-refractivity contribution in [3.05, 3.63) is 46.0 Å². The molecule has 0 aromatic heterocycles. The molecule has 1 aliphatic carbocycles. The lowest BCUT2D eigenvalue weighted by molar-refractivity contribution is -0.579. The number of nitro groups is 1. The van der Waals surface area contributed by atoms with E-state index >= 15 is 0 Å². The molecule has 2 saturated heterocycles. The Morgan fingerprint density at radius 1 is 1.13 bits per heavy atom.